The van der Waals surface area contributed by atoms with Gasteiger partial charge in [0.25, 0.3) is 5.69 Å². The largest absolute Gasteiger partial charge is 0.399 e. The lowest BCUT2D eigenvalue weighted by molar-refractivity contribution is -0.384. The molecule has 1 heterocycles. The number of thiazole rings is 1. The van der Waals surface area contributed by atoms with Gasteiger partial charge in [0, 0.05) is 23.4 Å². The molecular weight excluding hydrogens is 334 g/mol. The van der Waals surface area contributed by atoms with E-state index in [2.05, 4.69) is 4.98 Å². The fourth-order valence-electron chi connectivity index (χ4n) is 1.96. The van der Waals surface area contributed by atoms with Crippen molar-refractivity contribution in [3.8, 4) is 0 Å². The number of nitrogens with two attached hydrogens (primary N) is 1. The van der Waals surface area contributed by atoms with Crippen LogP contribution in [0.5, 0.6) is 0 Å². The minimum Gasteiger partial charge on any atom is -0.399 e. The summed E-state index contributed by atoms with van der Waals surface area (Å²) < 4.78 is 1.77. The van der Waals surface area contributed by atoms with E-state index in [0.29, 0.717) is 11.3 Å². The number of benzene rings is 2. The van der Waals surface area contributed by atoms with Gasteiger partial charge in [-0.15, -0.1) is 11.3 Å². The van der Waals surface area contributed by atoms with Crippen LogP contribution in [-0.4, -0.2) is 21.4 Å². The highest BCUT2D eigenvalue weighted by Crippen LogP contribution is 2.31. The molecule has 0 bridgehead atoms. The molecule has 0 fully saturated rings. The summed E-state index contributed by atoms with van der Waals surface area (Å²) in [6.07, 6.45) is 0. The predicted molar refractivity (Wildman–Crippen MR) is 92.2 cm³/mol. The second-order valence-corrected chi connectivity index (χ2v) is 6.98. The van der Waals surface area contributed by atoms with Gasteiger partial charge < -0.3 is 5.73 Å². The second kappa shape index (κ2) is 6.35. The summed E-state index contributed by atoms with van der Waals surface area (Å²) in [6, 6.07) is 11.1. The summed E-state index contributed by atoms with van der Waals surface area (Å²) in [7, 11) is 0. The van der Waals surface area contributed by atoms with Crippen molar-refractivity contribution in [1.82, 2.24) is 4.98 Å². The highest BCUT2D eigenvalue weighted by molar-refractivity contribution is 8.01. The Balaban J connectivity index is 1.68. The number of nitro benzene ring substituents is 1. The van der Waals surface area contributed by atoms with Crippen LogP contribution in [-0.2, 0) is 0 Å². The number of nitrogen functional groups attached to an aromatic ring is 1. The third-order valence-corrected chi connectivity index (χ3v) is 5.28. The molecule has 0 aliphatic rings. The number of hydrogen-bond acceptors (Lipinski definition) is 7. The molecule has 0 radical (unpaired) electrons. The lowest BCUT2D eigenvalue weighted by Crippen LogP contribution is -2.02. The van der Waals surface area contributed by atoms with Gasteiger partial charge in [-0.2, -0.15) is 0 Å². The first-order chi connectivity index (χ1) is 11.0. The molecular formula is C15H11N3O3S2. The van der Waals surface area contributed by atoms with E-state index in [1.54, 1.807) is 6.07 Å². The molecule has 3 rings (SSSR count). The number of Topliss-reactive ketones (excluding diaryl/α,β-unsaturated/α-hetero) is 1. The summed E-state index contributed by atoms with van der Waals surface area (Å²) in [4.78, 5) is 26.7. The van der Waals surface area contributed by atoms with Crippen LogP contribution in [0, 0.1) is 10.1 Å². The Morgan fingerprint density at radius 3 is 2.70 bits per heavy atom. The molecule has 0 saturated heterocycles. The molecule has 6 nitrogen and oxygen atoms in total. The van der Waals surface area contributed by atoms with Crippen molar-refractivity contribution in [1.29, 1.82) is 0 Å². The minimum atomic E-state index is -0.490. The van der Waals surface area contributed by atoms with E-state index in [4.69, 9.17) is 5.73 Å². The first-order valence-electron chi connectivity index (χ1n) is 6.59. The SMILES string of the molecule is Nc1ccc2nc(SCC(=O)c3ccc([N+](=O)[O-])cc3)sc2c1. The molecule has 8 heteroatoms. The minimum absolute atomic E-state index is 0.0297. The molecule has 1 aromatic heterocycles. The maximum atomic E-state index is 12.1. The first-order valence-corrected chi connectivity index (χ1v) is 8.39. The molecule has 0 aliphatic carbocycles. The standard InChI is InChI=1S/C15H11N3O3S2/c16-10-3-6-12-14(7-10)23-15(17-12)22-8-13(19)9-1-4-11(5-2-9)18(20)21/h1-7H,8,16H2. The van der Waals surface area contributed by atoms with Crippen LogP contribution in [0.1, 0.15) is 10.4 Å². The number of rotatable bonds is 5. The molecule has 3 aromatic rings. The van der Waals surface area contributed by atoms with Gasteiger partial charge in [0.05, 0.1) is 20.9 Å². The van der Waals surface area contributed by atoms with Crippen LogP contribution >= 0.6 is 23.1 Å². The lowest BCUT2D eigenvalue weighted by Gasteiger charge is -1.99. The maximum Gasteiger partial charge on any atom is 0.269 e. The summed E-state index contributed by atoms with van der Waals surface area (Å²) in [5.41, 5.74) is 7.69. The second-order valence-electron chi connectivity index (χ2n) is 4.72. The lowest BCUT2D eigenvalue weighted by atomic mass is 10.1. The maximum absolute atomic E-state index is 12.1. The number of anilines is 1. The average molecular weight is 345 g/mol. The Hall–Kier alpha value is -2.45. The third kappa shape index (κ3) is 3.49. The van der Waals surface area contributed by atoms with Gasteiger partial charge in [-0.3, -0.25) is 14.9 Å². The summed E-state index contributed by atoms with van der Waals surface area (Å²) in [5.74, 6) is 0.135. The van der Waals surface area contributed by atoms with Gasteiger partial charge in [0.1, 0.15) is 0 Å². The van der Waals surface area contributed by atoms with Crippen LogP contribution < -0.4 is 5.73 Å². The van der Waals surface area contributed by atoms with E-state index in [-0.39, 0.29) is 17.2 Å². The molecule has 0 atom stereocenters. The topological polar surface area (TPSA) is 99.1 Å². The zero-order chi connectivity index (χ0) is 16.4. The van der Waals surface area contributed by atoms with Crippen molar-refractivity contribution < 1.29 is 9.72 Å². The molecule has 0 aliphatic heterocycles. The highest BCUT2D eigenvalue weighted by atomic mass is 32.2. The number of carbonyl (C=O) groups is 1. The van der Waals surface area contributed by atoms with Crippen LogP contribution in [0.25, 0.3) is 10.2 Å². The van der Waals surface area contributed by atoms with Crippen molar-refractivity contribution in [2.45, 2.75) is 4.34 Å². The van der Waals surface area contributed by atoms with Gasteiger partial charge in [-0.05, 0) is 30.3 Å². The number of thioether (sulfide) groups is 1. The summed E-state index contributed by atoms with van der Waals surface area (Å²) in [6.45, 7) is 0. The van der Waals surface area contributed by atoms with E-state index in [1.165, 1.54) is 47.4 Å². The van der Waals surface area contributed by atoms with Gasteiger partial charge >= 0.3 is 0 Å². The highest BCUT2D eigenvalue weighted by Gasteiger charge is 2.12. The molecule has 23 heavy (non-hydrogen) atoms. The van der Waals surface area contributed by atoms with Crippen LogP contribution in [0.4, 0.5) is 11.4 Å². The normalized spacial score (nSPS) is 10.8. The number of ketones is 1. The van der Waals surface area contributed by atoms with E-state index in [1.807, 2.05) is 12.1 Å². The smallest absolute Gasteiger partial charge is 0.269 e. The van der Waals surface area contributed by atoms with Crippen molar-refractivity contribution in [2.24, 2.45) is 0 Å². The van der Waals surface area contributed by atoms with Gasteiger partial charge in [-0.1, -0.05) is 11.8 Å². The summed E-state index contributed by atoms with van der Waals surface area (Å²) >= 11 is 2.83. The van der Waals surface area contributed by atoms with Crippen LogP contribution in [0.3, 0.4) is 0 Å². The molecule has 0 amide bonds. The van der Waals surface area contributed by atoms with Gasteiger partial charge in [0.2, 0.25) is 0 Å². The Morgan fingerprint density at radius 2 is 2.00 bits per heavy atom. The third-order valence-electron chi connectivity index (χ3n) is 3.12. The molecule has 116 valence electrons. The van der Waals surface area contributed by atoms with E-state index >= 15 is 0 Å². The van der Waals surface area contributed by atoms with Crippen LogP contribution in [0.2, 0.25) is 0 Å². The number of fused-ring (bicyclic) bond motifs is 1. The van der Waals surface area contributed by atoms with Crippen molar-refractivity contribution in [2.75, 3.05) is 11.5 Å². The quantitative estimate of drug-likeness (QED) is 0.248. The van der Waals surface area contributed by atoms with E-state index in [9.17, 15) is 14.9 Å². The first kappa shape index (κ1) is 15.4. The Morgan fingerprint density at radius 1 is 1.26 bits per heavy atom. The number of nitro groups is 1. The van der Waals surface area contributed by atoms with E-state index < -0.39 is 4.92 Å². The number of non-ortho nitro benzene ring substituents is 1. The molecule has 0 unspecified atom stereocenters. The number of aromatic nitrogens is 1. The van der Waals surface area contributed by atoms with Crippen molar-refractivity contribution >= 4 is 50.5 Å². The fourth-order valence-corrected chi connectivity index (χ4v) is 3.97. The van der Waals surface area contributed by atoms with Crippen LogP contribution in [0.15, 0.2) is 46.8 Å². The van der Waals surface area contributed by atoms with Gasteiger partial charge in [-0.25, -0.2) is 4.98 Å². The van der Waals surface area contributed by atoms with Crippen molar-refractivity contribution in [3.63, 3.8) is 0 Å². The number of carbonyl (C=O) groups excluding carboxylic acids is 1. The Labute approximate surface area is 139 Å². The molecule has 2 N–H and O–H groups in total. The molecule has 2 aromatic carbocycles. The molecule has 0 spiro atoms. The molecule has 0 saturated carbocycles. The number of hydrogen-bond donors (Lipinski definition) is 1. The zero-order valence-electron chi connectivity index (χ0n) is 11.8. The van der Waals surface area contributed by atoms with E-state index in [0.717, 1.165) is 14.6 Å². The van der Waals surface area contributed by atoms with Crippen molar-refractivity contribution in [3.05, 3.63) is 58.1 Å². The zero-order valence-corrected chi connectivity index (χ0v) is 13.4. The summed E-state index contributed by atoms with van der Waals surface area (Å²) in [5, 5.41) is 10.6. The monoisotopic (exact) mass is 345 g/mol. The predicted octanol–water partition coefficient (Wildman–Crippen LogP) is 3.76. The Bertz CT molecular complexity index is 891. The fraction of sp³-hybridized carbons (Fsp3) is 0.0667. The average Bonchev–Trinajstić information content (AvgIpc) is 2.94. The number of nitrogens with zero attached hydrogens (tertiary/aromatic N) is 2. The van der Waals surface area contributed by atoms with Gasteiger partial charge in [0.15, 0.2) is 10.1 Å². The Kier molecular flexibility index (Phi) is 4.26.